The Labute approximate surface area is 111 Å². The van der Waals surface area contributed by atoms with Gasteiger partial charge >= 0.3 is 0 Å². The minimum Gasteiger partial charge on any atom is -0.357 e. The summed E-state index contributed by atoms with van der Waals surface area (Å²) in [7, 11) is 1.87. The van der Waals surface area contributed by atoms with Gasteiger partial charge in [-0.05, 0) is 19.3 Å². The van der Waals surface area contributed by atoms with E-state index in [9.17, 15) is 4.39 Å². The summed E-state index contributed by atoms with van der Waals surface area (Å²) in [6.07, 6.45) is 5.38. The summed E-state index contributed by atoms with van der Waals surface area (Å²) in [4.78, 5) is 9.81. The fourth-order valence-electron chi connectivity index (χ4n) is 1.63. The van der Waals surface area contributed by atoms with Gasteiger partial charge in [-0.3, -0.25) is 0 Å². The summed E-state index contributed by atoms with van der Waals surface area (Å²) in [6, 6.07) is 0. The van der Waals surface area contributed by atoms with Crippen LogP contribution in [0.5, 0.6) is 0 Å². The summed E-state index contributed by atoms with van der Waals surface area (Å²) in [5, 5.41) is 1.03. The van der Waals surface area contributed by atoms with E-state index in [1.807, 2.05) is 18.9 Å². The largest absolute Gasteiger partial charge is 0.357 e. The molecule has 1 aromatic rings. The number of unbranched alkanes of at least 4 members (excludes halogenated alkanes) is 2. The van der Waals surface area contributed by atoms with Crippen LogP contribution in [0.3, 0.4) is 0 Å². The van der Waals surface area contributed by atoms with Crippen molar-refractivity contribution in [3.8, 4) is 0 Å². The zero-order chi connectivity index (χ0) is 12.7. The topological polar surface area (TPSA) is 29.0 Å². The fourth-order valence-corrected chi connectivity index (χ4v) is 2.03. The molecule has 0 unspecified atom stereocenters. The van der Waals surface area contributed by atoms with Crippen LogP contribution in [0.15, 0.2) is 6.33 Å². The standard InChI is InChI=1S/C12H19BrFN3/c1-3-10-11(14)12(16-9-15-10)17(2)8-6-4-5-7-13/h9H,3-8H2,1-2H3. The zero-order valence-corrected chi connectivity index (χ0v) is 12.0. The Morgan fingerprint density at radius 1 is 1.29 bits per heavy atom. The maximum atomic E-state index is 13.9. The molecule has 0 radical (unpaired) electrons. The van der Waals surface area contributed by atoms with E-state index < -0.39 is 0 Å². The number of halogens is 2. The lowest BCUT2D eigenvalue weighted by Gasteiger charge is -2.19. The van der Waals surface area contributed by atoms with E-state index in [1.54, 1.807) is 0 Å². The molecule has 1 rings (SSSR count). The normalized spacial score (nSPS) is 10.6. The second-order valence-electron chi connectivity index (χ2n) is 3.98. The van der Waals surface area contributed by atoms with Gasteiger partial charge in [-0.1, -0.05) is 29.3 Å². The van der Waals surface area contributed by atoms with E-state index in [0.29, 0.717) is 17.9 Å². The molecule has 0 aliphatic rings. The van der Waals surface area contributed by atoms with Crippen LogP contribution in [0.25, 0.3) is 0 Å². The average molecular weight is 304 g/mol. The van der Waals surface area contributed by atoms with Crippen molar-refractivity contribution in [3.05, 3.63) is 17.8 Å². The Kier molecular flexibility index (Phi) is 6.40. The van der Waals surface area contributed by atoms with Crippen LogP contribution in [0.4, 0.5) is 10.2 Å². The molecule has 5 heteroatoms. The molecule has 0 N–H and O–H groups in total. The van der Waals surface area contributed by atoms with Gasteiger partial charge in [-0.25, -0.2) is 14.4 Å². The van der Waals surface area contributed by atoms with Crippen molar-refractivity contribution in [2.75, 3.05) is 23.8 Å². The number of anilines is 1. The van der Waals surface area contributed by atoms with Gasteiger partial charge in [-0.2, -0.15) is 0 Å². The van der Waals surface area contributed by atoms with Crippen molar-refractivity contribution in [2.24, 2.45) is 0 Å². The van der Waals surface area contributed by atoms with Crippen molar-refractivity contribution in [3.63, 3.8) is 0 Å². The van der Waals surface area contributed by atoms with Gasteiger partial charge in [0.05, 0.1) is 5.69 Å². The lowest BCUT2D eigenvalue weighted by atomic mass is 10.2. The summed E-state index contributed by atoms with van der Waals surface area (Å²) in [5.74, 6) is 0.133. The van der Waals surface area contributed by atoms with Crippen LogP contribution < -0.4 is 4.90 Å². The first-order valence-corrected chi connectivity index (χ1v) is 7.09. The van der Waals surface area contributed by atoms with Crippen LogP contribution in [0.2, 0.25) is 0 Å². The Bertz CT molecular complexity index is 347. The summed E-state index contributed by atoms with van der Waals surface area (Å²) < 4.78 is 13.9. The van der Waals surface area contributed by atoms with Gasteiger partial charge in [0, 0.05) is 18.9 Å². The molecule has 0 aliphatic heterocycles. The van der Waals surface area contributed by atoms with E-state index in [4.69, 9.17) is 0 Å². The number of nitrogens with zero attached hydrogens (tertiary/aromatic N) is 3. The van der Waals surface area contributed by atoms with Crippen molar-refractivity contribution in [1.82, 2.24) is 9.97 Å². The summed E-state index contributed by atoms with van der Waals surface area (Å²) in [5.41, 5.74) is 0.488. The highest BCUT2D eigenvalue weighted by Crippen LogP contribution is 2.17. The third-order valence-corrected chi connectivity index (χ3v) is 3.23. The number of aryl methyl sites for hydroxylation is 1. The minimum absolute atomic E-state index is 0.280. The predicted octanol–water partition coefficient (Wildman–Crippen LogP) is 3.18. The van der Waals surface area contributed by atoms with Crippen LogP contribution in [-0.2, 0) is 6.42 Å². The quantitative estimate of drug-likeness (QED) is 0.572. The van der Waals surface area contributed by atoms with Gasteiger partial charge < -0.3 is 4.90 Å². The number of hydrogen-bond donors (Lipinski definition) is 0. The molecular formula is C12H19BrFN3. The van der Waals surface area contributed by atoms with E-state index in [-0.39, 0.29) is 5.82 Å². The monoisotopic (exact) mass is 303 g/mol. The Balaban J connectivity index is 2.59. The Morgan fingerprint density at radius 3 is 2.71 bits per heavy atom. The predicted molar refractivity (Wildman–Crippen MR) is 72.3 cm³/mol. The Hall–Kier alpha value is -0.710. The van der Waals surface area contributed by atoms with Crippen molar-refractivity contribution in [1.29, 1.82) is 0 Å². The second kappa shape index (κ2) is 7.58. The third-order valence-electron chi connectivity index (χ3n) is 2.67. The minimum atomic E-state index is -0.280. The first-order chi connectivity index (χ1) is 8.20. The van der Waals surface area contributed by atoms with Crippen LogP contribution in [0.1, 0.15) is 31.9 Å². The highest BCUT2D eigenvalue weighted by molar-refractivity contribution is 9.09. The highest BCUT2D eigenvalue weighted by Gasteiger charge is 2.12. The molecule has 1 aromatic heterocycles. The van der Waals surface area contributed by atoms with Crippen LogP contribution in [0, 0.1) is 5.82 Å². The number of aromatic nitrogens is 2. The molecule has 0 aromatic carbocycles. The molecular weight excluding hydrogens is 285 g/mol. The molecule has 0 amide bonds. The van der Waals surface area contributed by atoms with Crippen molar-refractivity contribution >= 4 is 21.7 Å². The number of hydrogen-bond acceptors (Lipinski definition) is 3. The van der Waals surface area contributed by atoms with Crippen molar-refractivity contribution in [2.45, 2.75) is 32.6 Å². The van der Waals surface area contributed by atoms with Gasteiger partial charge in [0.15, 0.2) is 11.6 Å². The highest BCUT2D eigenvalue weighted by atomic mass is 79.9. The number of rotatable bonds is 7. The first kappa shape index (κ1) is 14.4. The van der Waals surface area contributed by atoms with Gasteiger partial charge in [-0.15, -0.1) is 0 Å². The summed E-state index contributed by atoms with van der Waals surface area (Å²) >= 11 is 3.40. The first-order valence-electron chi connectivity index (χ1n) is 5.97. The molecule has 0 saturated carbocycles. The molecule has 0 fully saturated rings. The molecule has 1 heterocycles. The fraction of sp³-hybridized carbons (Fsp3) is 0.667. The third kappa shape index (κ3) is 4.22. The molecule has 96 valence electrons. The van der Waals surface area contributed by atoms with E-state index in [0.717, 1.165) is 31.1 Å². The maximum Gasteiger partial charge on any atom is 0.187 e. The lowest BCUT2D eigenvalue weighted by molar-refractivity contribution is 0.584. The van der Waals surface area contributed by atoms with Gasteiger partial charge in [0.2, 0.25) is 0 Å². The molecule has 0 atom stereocenters. The molecule has 0 bridgehead atoms. The van der Waals surface area contributed by atoms with Crippen molar-refractivity contribution < 1.29 is 4.39 Å². The van der Waals surface area contributed by atoms with E-state index in [1.165, 1.54) is 6.33 Å². The maximum absolute atomic E-state index is 13.9. The van der Waals surface area contributed by atoms with E-state index >= 15 is 0 Å². The average Bonchev–Trinajstić information content (AvgIpc) is 2.34. The second-order valence-corrected chi connectivity index (χ2v) is 4.78. The summed E-state index contributed by atoms with van der Waals surface area (Å²) in [6.45, 7) is 2.72. The smallest absolute Gasteiger partial charge is 0.187 e. The van der Waals surface area contributed by atoms with Crippen LogP contribution >= 0.6 is 15.9 Å². The SMILES string of the molecule is CCc1ncnc(N(C)CCCCCBr)c1F. The Morgan fingerprint density at radius 2 is 2.06 bits per heavy atom. The molecule has 17 heavy (non-hydrogen) atoms. The lowest BCUT2D eigenvalue weighted by Crippen LogP contribution is -2.22. The van der Waals surface area contributed by atoms with Gasteiger partial charge in [0.25, 0.3) is 0 Å². The molecule has 0 aliphatic carbocycles. The van der Waals surface area contributed by atoms with Gasteiger partial charge in [0.1, 0.15) is 6.33 Å². The molecule has 3 nitrogen and oxygen atoms in total. The zero-order valence-electron chi connectivity index (χ0n) is 10.4. The number of alkyl halides is 1. The van der Waals surface area contributed by atoms with Crippen LogP contribution in [-0.4, -0.2) is 28.9 Å². The van der Waals surface area contributed by atoms with E-state index in [2.05, 4.69) is 25.9 Å². The molecule has 0 saturated heterocycles. The molecule has 0 spiro atoms.